The molecule has 0 aromatic carbocycles. The highest BCUT2D eigenvalue weighted by atomic mass is 32.2. The number of ether oxygens (including phenoxy) is 1. The van der Waals surface area contributed by atoms with E-state index in [0.717, 1.165) is 24.7 Å². The number of aryl methyl sites for hydroxylation is 1. The summed E-state index contributed by atoms with van der Waals surface area (Å²) in [6.45, 7) is 1.91. The molecule has 2 rings (SSSR count). The van der Waals surface area contributed by atoms with Crippen LogP contribution in [0.15, 0.2) is 12.4 Å². The fourth-order valence-corrected chi connectivity index (χ4v) is 2.77. The second-order valence-electron chi connectivity index (χ2n) is 4.86. The lowest BCUT2D eigenvalue weighted by molar-refractivity contribution is 0.0787. The Kier molecular flexibility index (Phi) is 4.36. The second kappa shape index (κ2) is 5.83. The van der Waals surface area contributed by atoms with Gasteiger partial charge in [0, 0.05) is 12.4 Å². The Morgan fingerprint density at radius 3 is 2.16 bits per heavy atom. The van der Waals surface area contributed by atoms with E-state index in [9.17, 15) is 8.42 Å². The fourth-order valence-electron chi connectivity index (χ4n) is 2.08. The summed E-state index contributed by atoms with van der Waals surface area (Å²) >= 11 is 0. The highest BCUT2D eigenvalue weighted by molar-refractivity contribution is 7.86. The highest BCUT2D eigenvalue weighted by Crippen LogP contribution is 2.24. The molecule has 6 nitrogen and oxygen atoms in total. The molecule has 0 spiro atoms. The monoisotopic (exact) mass is 286 g/mol. The van der Waals surface area contributed by atoms with Gasteiger partial charge in [-0.25, -0.2) is 9.97 Å². The SMILES string of the molecule is Cc1cnc(OC2CCC(OS(C)(=O)=O)CC2)nc1. The lowest BCUT2D eigenvalue weighted by Crippen LogP contribution is -2.30. The van der Waals surface area contributed by atoms with Gasteiger partial charge in [0.25, 0.3) is 10.1 Å². The topological polar surface area (TPSA) is 78.4 Å². The van der Waals surface area contributed by atoms with Gasteiger partial charge >= 0.3 is 6.01 Å². The Morgan fingerprint density at radius 2 is 1.63 bits per heavy atom. The van der Waals surface area contributed by atoms with Crippen molar-refractivity contribution in [2.24, 2.45) is 0 Å². The molecule has 1 saturated carbocycles. The quantitative estimate of drug-likeness (QED) is 0.780. The van der Waals surface area contributed by atoms with Gasteiger partial charge in [0.15, 0.2) is 0 Å². The molecule has 106 valence electrons. The average Bonchev–Trinajstić information content (AvgIpc) is 2.33. The molecule has 19 heavy (non-hydrogen) atoms. The zero-order valence-electron chi connectivity index (χ0n) is 11.1. The van der Waals surface area contributed by atoms with Gasteiger partial charge in [-0.2, -0.15) is 8.42 Å². The van der Waals surface area contributed by atoms with Crippen LogP contribution < -0.4 is 4.74 Å². The third-order valence-corrected chi connectivity index (χ3v) is 3.58. The molecule has 0 aliphatic heterocycles. The standard InChI is InChI=1S/C12H18N2O4S/c1-9-7-13-12(14-8-9)17-10-3-5-11(6-4-10)18-19(2,15)16/h7-8,10-11H,3-6H2,1-2H3. The molecule has 1 fully saturated rings. The van der Waals surface area contributed by atoms with Crippen molar-refractivity contribution < 1.29 is 17.3 Å². The summed E-state index contributed by atoms with van der Waals surface area (Å²) in [5, 5.41) is 0. The molecular weight excluding hydrogens is 268 g/mol. The first-order chi connectivity index (χ1) is 8.92. The van der Waals surface area contributed by atoms with E-state index >= 15 is 0 Å². The van der Waals surface area contributed by atoms with Crippen molar-refractivity contribution in [1.82, 2.24) is 9.97 Å². The molecule has 7 heteroatoms. The van der Waals surface area contributed by atoms with Gasteiger partial charge in [-0.3, -0.25) is 4.18 Å². The fraction of sp³-hybridized carbons (Fsp3) is 0.667. The number of nitrogens with zero attached hydrogens (tertiary/aromatic N) is 2. The third kappa shape index (κ3) is 4.76. The zero-order valence-corrected chi connectivity index (χ0v) is 11.9. The van der Waals surface area contributed by atoms with Gasteiger partial charge < -0.3 is 4.74 Å². The molecule has 0 bridgehead atoms. The van der Waals surface area contributed by atoms with Gasteiger partial charge in [0.05, 0.1) is 12.4 Å². The lowest BCUT2D eigenvalue weighted by atomic mass is 9.95. The van der Waals surface area contributed by atoms with E-state index in [2.05, 4.69) is 9.97 Å². The minimum Gasteiger partial charge on any atom is -0.460 e. The summed E-state index contributed by atoms with van der Waals surface area (Å²) < 4.78 is 32.7. The maximum absolute atomic E-state index is 11.0. The van der Waals surface area contributed by atoms with Crippen LogP contribution in [0, 0.1) is 6.92 Å². The lowest BCUT2D eigenvalue weighted by Gasteiger charge is -2.27. The van der Waals surface area contributed by atoms with Crippen LogP contribution in [0.2, 0.25) is 0 Å². The summed E-state index contributed by atoms with van der Waals surface area (Å²) in [4.78, 5) is 8.18. The van der Waals surface area contributed by atoms with E-state index < -0.39 is 10.1 Å². The van der Waals surface area contributed by atoms with Crippen molar-refractivity contribution in [2.45, 2.75) is 44.8 Å². The van der Waals surface area contributed by atoms with Crippen LogP contribution in [-0.2, 0) is 14.3 Å². The smallest absolute Gasteiger partial charge is 0.316 e. The molecule has 1 aliphatic carbocycles. The van der Waals surface area contributed by atoms with E-state index in [-0.39, 0.29) is 12.2 Å². The molecule has 0 amide bonds. The maximum atomic E-state index is 11.0. The summed E-state index contributed by atoms with van der Waals surface area (Å²) in [5.74, 6) is 0. The van der Waals surface area contributed by atoms with Crippen molar-refractivity contribution in [2.75, 3.05) is 6.26 Å². The largest absolute Gasteiger partial charge is 0.460 e. The predicted octanol–water partition coefficient (Wildman–Crippen LogP) is 1.45. The van der Waals surface area contributed by atoms with Gasteiger partial charge in [-0.1, -0.05) is 0 Å². The van der Waals surface area contributed by atoms with Crippen molar-refractivity contribution >= 4 is 10.1 Å². The molecule has 1 heterocycles. The average molecular weight is 286 g/mol. The number of hydrogen-bond donors (Lipinski definition) is 0. The second-order valence-corrected chi connectivity index (χ2v) is 6.46. The molecule has 1 aromatic heterocycles. The van der Waals surface area contributed by atoms with Crippen molar-refractivity contribution in [3.8, 4) is 6.01 Å². The maximum Gasteiger partial charge on any atom is 0.316 e. The van der Waals surface area contributed by atoms with E-state index in [4.69, 9.17) is 8.92 Å². The zero-order chi connectivity index (χ0) is 13.9. The summed E-state index contributed by atoms with van der Waals surface area (Å²) in [6.07, 6.45) is 7.13. The first kappa shape index (κ1) is 14.2. The van der Waals surface area contributed by atoms with Crippen molar-refractivity contribution in [3.05, 3.63) is 18.0 Å². The molecule has 0 unspecified atom stereocenters. The number of rotatable bonds is 4. The van der Waals surface area contributed by atoms with Crippen LogP contribution in [0.5, 0.6) is 6.01 Å². The van der Waals surface area contributed by atoms with Crippen molar-refractivity contribution in [1.29, 1.82) is 0 Å². The van der Waals surface area contributed by atoms with E-state index in [1.165, 1.54) is 0 Å². The molecule has 0 atom stereocenters. The van der Waals surface area contributed by atoms with Crippen LogP contribution in [-0.4, -0.2) is 36.8 Å². The first-order valence-electron chi connectivity index (χ1n) is 6.26. The number of hydrogen-bond acceptors (Lipinski definition) is 6. The molecule has 1 aliphatic rings. The van der Waals surface area contributed by atoms with Crippen LogP contribution in [0.4, 0.5) is 0 Å². The van der Waals surface area contributed by atoms with Crippen LogP contribution in [0.1, 0.15) is 31.2 Å². The Hall–Kier alpha value is -1.21. The van der Waals surface area contributed by atoms with Gasteiger partial charge in [-0.05, 0) is 38.2 Å². The third-order valence-electron chi connectivity index (χ3n) is 2.96. The highest BCUT2D eigenvalue weighted by Gasteiger charge is 2.25. The Morgan fingerprint density at radius 1 is 1.11 bits per heavy atom. The van der Waals surface area contributed by atoms with Gasteiger partial charge in [0.2, 0.25) is 0 Å². The Bertz CT molecular complexity index is 507. The summed E-state index contributed by atoms with van der Waals surface area (Å²) in [5.41, 5.74) is 0.984. The molecular formula is C12H18N2O4S. The Balaban J connectivity index is 1.82. The van der Waals surface area contributed by atoms with E-state index in [0.29, 0.717) is 18.9 Å². The van der Waals surface area contributed by atoms with Crippen LogP contribution in [0.3, 0.4) is 0 Å². The van der Waals surface area contributed by atoms with Crippen LogP contribution >= 0.6 is 0 Å². The summed E-state index contributed by atoms with van der Waals surface area (Å²) in [6, 6.07) is 0.373. The van der Waals surface area contributed by atoms with Crippen LogP contribution in [0.25, 0.3) is 0 Å². The van der Waals surface area contributed by atoms with Gasteiger partial charge in [-0.15, -0.1) is 0 Å². The Labute approximate surface area is 113 Å². The van der Waals surface area contributed by atoms with Gasteiger partial charge in [0.1, 0.15) is 6.10 Å². The minimum absolute atomic E-state index is 0.0297. The minimum atomic E-state index is -3.37. The molecule has 1 aromatic rings. The molecule has 0 radical (unpaired) electrons. The number of aromatic nitrogens is 2. The molecule has 0 N–H and O–H groups in total. The predicted molar refractivity (Wildman–Crippen MR) is 69.4 cm³/mol. The van der Waals surface area contributed by atoms with E-state index in [1.54, 1.807) is 12.4 Å². The summed E-state index contributed by atoms with van der Waals surface area (Å²) in [7, 11) is -3.37. The van der Waals surface area contributed by atoms with Crippen molar-refractivity contribution in [3.63, 3.8) is 0 Å². The van der Waals surface area contributed by atoms with E-state index in [1.807, 2.05) is 6.92 Å². The molecule has 0 saturated heterocycles. The normalized spacial score (nSPS) is 24.1. The first-order valence-corrected chi connectivity index (χ1v) is 8.07.